The normalized spacial score (nSPS) is 10.3. The number of benzene rings is 1. The quantitative estimate of drug-likeness (QED) is 0.374. The van der Waals surface area contributed by atoms with E-state index < -0.39 is 0 Å². The minimum atomic E-state index is 0.664. The highest BCUT2D eigenvalue weighted by molar-refractivity contribution is 7.98. The van der Waals surface area contributed by atoms with Gasteiger partial charge in [-0.3, -0.25) is 0 Å². The number of nitrogen functional groups attached to an aromatic ring is 1. The van der Waals surface area contributed by atoms with Crippen LogP contribution in [0.1, 0.15) is 18.3 Å². The number of aryl methyl sites for hydroxylation is 1. The molecule has 0 atom stereocenters. The number of rotatable bonds is 5. The van der Waals surface area contributed by atoms with Gasteiger partial charge in [-0.05, 0) is 5.56 Å². The zero-order chi connectivity index (χ0) is 12.8. The molecule has 1 heterocycles. The second-order valence-electron chi connectivity index (χ2n) is 3.78. The Hall–Kier alpha value is -1.59. The van der Waals surface area contributed by atoms with Crippen molar-refractivity contribution in [3.8, 4) is 0 Å². The van der Waals surface area contributed by atoms with Gasteiger partial charge in [0.25, 0.3) is 0 Å². The molecule has 0 saturated carbocycles. The molecule has 2 rings (SSSR count). The van der Waals surface area contributed by atoms with E-state index in [0.29, 0.717) is 5.82 Å². The van der Waals surface area contributed by atoms with Crippen molar-refractivity contribution in [2.75, 3.05) is 5.43 Å². The molecule has 0 radical (unpaired) electrons. The summed E-state index contributed by atoms with van der Waals surface area (Å²) in [4.78, 5) is 8.74. The Morgan fingerprint density at radius 1 is 1.22 bits per heavy atom. The summed E-state index contributed by atoms with van der Waals surface area (Å²) in [6.45, 7) is 2.03. The fraction of sp³-hybridized carbons (Fsp3) is 0.231. The number of anilines is 1. The molecule has 3 N–H and O–H groups in total. The minimum absolute atomic E-state index is 0.664. The van der Waals surface area contributed by atoms with E-state index >= 15 is 0 Å². The van der Waals surface area contributed by atoms with Gasteiger partial charge in [0.1, 0.15) is 16.7 Å². The molecule has 0 spiro atoms. The summed E-state index contributed by atoms with van der Waals surface area (Å²) in [6, 6.07) is 12.2. The Morgan fingerprint density at radius 2 is 2.00 bits per heavy atom. The Kier molecular flexibility index (Phi) is 4.55. The maximum Gasteiger partial charge on any atom is 0.144 e. The van der Waals surface area contributed by atoms with Gasteiger partial charge in [-0.2, -0.15) is 0 Å². The van der Waals surface area contributed by atoms with E-state index in [4.69, 9.17) is 5.84 Å². The van der Waals surface area contributed by atoms with Crippen LogP contribution in [0.25, 0.3) is 0 Å². The summed E-state index contributed by atoms with van der Waals surface area (Å²) in [5.41, 5.74) is 3.85. The van der Waals surface area contributed by atoms with Crippen LogP contribution in [0.2, 0.25) is 0 Å². The summed E-state index contributed by atoms with van der Waals surface area (Å²) >= 11 is 1.69. The smallest absolute Gasteiger partial charge is 0.144 e. The Morgan fingerprint density at radius 3 is 2.67 bits per heavy atom. The molecule has 1 aromatic carbocycles. The van der Waals surface area contributed by atoms with Gasteiger partial charge < -0.3 is 5.43 Å². The van der Waals surface area contributed by atoms with Crippen LogP contribution < -0.4 is 11.3 Å². The second-order valence-corrected chi connectivity index (χ2v) is 4.78. The standard InChI is InChI=1S/C13H16N4S/c1-2-11-15-12(17-14)8-13(16-11)18-9-10-6-4-3-5-7-10/h3-8H,2,9,14H2,1H3,(H,15,16,17). The lowest BCUT2D eigenvalue weighted by Gasteiger charge is -2.06. The maximum absolute atomic E-state index is 5.40. The van der Waals surface area contributed by atoms with Gasteiger partial charge in [0.2, 0.25) is 0 Å². The minimum Gasteiger partial charge on any atom is -0.308 e. The number of hydrazine groups is 1. The third kappa shape index (κ3) is 3.45. The predicted octanol–water partition coefficient (Wildman–Crippen LogP) is 2.62. The van der Waals surface area contributed by atoms with Crippen LogP contribution in [0, 0.1) is 0 Å². The SMILES string of the molecule is CCc1nc(NN)cc(SCc2ccccc2)n1. The summed E-state index contributed by atoms with van der Waals surface area (Å²) < 4.78 is 0. The Balaban J connectivity index is 2.09. The molecular weight excluding hydrogens is 244 g/mol. The van der Waals surface area contributed by atoms with Crippen molar-refractivity contribution >= 4 is 17.6 Å². The van der Waals surface area contributed by atoms with Crippen LogP contribution in [0.3, 0.4) is 0 Å². The number of nitrogens with one attached hydrogen (secondary N) is 1. The maximum atomic E-state index is 5.40. The number of aromatic nitrogens is 2. The van der Waals surface area contributed by atoms with Crippen LogP contribution in [0.4, 0.5) is 5.82 Å². The largest absolute Gasteiger partial charge is 0.308 e. The molecule has 0 amide bonds. The first kappa shape index (κ1) is 12.9. The second kappa shape index (κ2) is 6.37. The van der Waals surface area contributed by atoms with Crippen LogP contribution in [0.5, 0.6) is 0 Å². The van der Waals surface area contributed by atoms with E-state index in [1.807, 2.05) is 31.2 Å². The highest BCUT2D eigenvalue weighted by Gasteiger charge is 2.03. The number of hydrogen-bond donors (Lipinski definition) is 2. The molecular formula is C13H16N4S. The third-order valence-electron chi connectivity index (χ3n) is 2.44. The van der Waals surface area contributed by atoms with E-state index in [0.717, 1.165) is 23.0 Å². The lowest BCUT2D eigenvalue weighted by atomic mass is 10.2. The zero-order valence-electron chi connectivity index (χ0n) is 10.3. The molecule has 18 heavy (non-hydrogen) atoms. The number of nitrogens with zero attached hydrogens (tertiary/aromatic N) is 2. The monoisotopic (exact) mass is 260 g/mol. The van der Waals surface area contributed by atoms with E-state index in [2.05, 4.69) is 27.5 Å². The Bertz CT molecular complexity index is 479. The molecule has 2 aromatic rings. The van der Waals surface area contributed by atoms with Gasteiger partial charge in [-0.25, -0.2) is 15.8 Å². The first-order valence-corrected chi connectivity index (χ1v) is 6.81. The molecule has 4 nitrogen and oxygen atoms in total. The molecule has 5 heteroatoms. The van der Waals surface area contributed by atoms with Crippen LogP contribution in [0.15, 0.2) is 41.4 Å². The molecule has 0 bridgehead atoms. The van der Waals surface area contributed by atoms with Crippen molar-refractivity contribution < 1.29 is 0 Å². The molecule has 0 saturated heterocycles. The van der Waals surface area contributed by atoms with E-state index in [1.165, 1.54) is 5.56 Å². The Labute approximate surface area is 111 Å². The highest BCUT2D eigenvalue weighted by Crippen LogP contribution is 2.22. The highest BCUT2D eigenvalue weighted by atomic mass is 32.2. The van der Waals surface area contributed by atoms with Gasteiger partial charge in [-0.1, -0.05) is 37.3 Å². The first-order chi connectivity index (χ1) is 8.81. The molecule has 0 aliphatic heterocycles. The average molecular weight is 260 g/mol. The molecule has 0 aliphatic carbocycles. The summed E-state index contributed by atoms with van der Waals surface area (Å²) in [7, 11) is 0. The summed E-state index contributed by atoms with van der Waals surface area (Å²) in [6.07, 6.45) is 0.800. The topological polar surface area (TPSA) is 63.8 Å². The van der Waals surface area contributed by atoms with Gasteiger partial charge in [0, 0.05) is 18.2 Å². The summed E-state index contributed by atoms with van der Waals surface area (Å²) in [5.74, 6) is 7.76. The molecule has 94 valence electrons. The fourth-order valence-corrected chi connectivity index (χ4v) is 2.38. The number of nitrogens with two attached hydrogens (primary N) is 1. The molecule has 1 aromatic heterocycles. The average Bonchev–Trinajstić information content (AvgIpc) is 2.45. The number of hydrogen-bond acceptors (Lipinski definition) is 5. The van der Waals surface area contributed by atoms with E-state index in [9.17, 15) is 0 Å². The zero-order valence-corrected chi connectivity index (χ0v) is 11.1. The van der Waals surface area contributed by atoms with Gasteiger partial charge in [-0.15, -0.1) is 11.8 Å². The van der Waals surface area contributed by atoms with Crippen LogP contribution >= 0.6 is 11.8 Å². The van der Waals surface area contributed by atoms with Crippen molar-refractivity contribution in [3.05, 3.63) is 47.8 Å². The predicted molar refractivity (Wildman–Crippen MR) is 75.2 cm³/mol. The summed E-state index contributed by atoms with van der Waals surface area (Å²) in [5, 5.41) is 0.943. The third-order valence-corrected chi connectivity index (χ3v) is 3.43. The van der Waals surface area contributed by atoms with Crippen LogP contribution in [-0.2, 0) is 12.2 Å². The van der Waals surface area contributed by atoms with Crippen molar-refractivity contribution in [2.24, 2.45) is 5.84 Å². The molecule has 0 aliphatic rings. The van der Waals surface area contributed by atoms with Crippen LogP contribution in [-0.4, -0.2) is 9.97 Å². The van der Waals surface area contributed by atoms with Gasteiger partial charge >= 0.3 is 0 Å². The first-order valence-electron chi connectivity index (χ1n) is 5.83. The molecule has 0 fully saturated rings. The van der Waals surface area contributed by atoms with E-state index in [1.54, 1.807) is 11.8 Å². The fourth-order valence-electron chi connectivity index (χ4n) is 1.51. The van der Waals surface area contributed by atoms with Crippen molar-refractivity contribution in [1.82, 2.24) is 9.97 Å². The molecule has 0 unspecified atom stereocenters. The lowest BCUT2D eigenvalue weighted by molar-refractivity contribution is 0.888. The van der Waals surface area contributed by atoms with E-state index in [-0.39, 0.29) is 0 Å². The lowest BCUT2D eigenvalue weighted by Crippen LogP contribution is -2.10. The number of thioether (sulfide) groups is 1. The van der Waals surface area contributed by atoms with Crippen molar-refractivity contribution in [2.45, 2.75) is 24.1 Å². The van der Waals surface area contributed by atoms with Gasteiger partial charge in [0.15, 0.2) is 0 Å². The van der Waals surface area contributed by atoms with Gasteiger partial charge in [0.05, 0.1) is 0 Å². The van der Waals surface area contributed by atoms with Crippen molar-refractivity contribution in [3.63, 3.8) is 0 Å². The van der Waals surface area contributed by atoms with Crippen molar-refractivity contribution in [1.29, 1.82) is 0 Å².